The summed E-state index contributed by atoms with van der Waals surface area (Å²) in [5.74, 6) is -0.177. The van der Waals surface area contributed by atoms with Crippen molar-refractivity contribution in [3.8, 4) is 6.07 Å². The van der Waals surface area contributed by atoms with Crippen LogP contribution in [0, 0.1) is 23.7 Å². The summed E-state index contributed by atoms with van der Waals surface area (Å²) in [4.78, 5) is 13.7. The first-order valence-corrected chi connectivity index (χ1v) is 9.08. The zero-order valence-corrected chi connectivity index (χ0v) is 16.4. The highest BCUT2D eigenvalue weighted by molar-refractivity contribution is 7.10. The molecule has 1 rings (SSSR count). The fourth-order valence-corrected chi connectivity index (χ4v) is 3.87. The maximum Gasteiger partial charge on any atom is 0.237 e. The number of nitrogens with one attached hydrogen (secondary N) is 1. The number of hydrogen-bond donors (Lipinski definition) is 2. The molecule has 24 heavy (non-hydrogen) atoms. The Balaban J connectivity index is 2.77. The first-order valence-electron chi connectivity index (χ1n) is 8.20. The number of nitrogens with zero attached hydrogens (tertiary/aromatic N) is 1. The molecule has 0 aliphatic carbocycles. The summed E-state index contributed by atoms with van der Waals surface area (Å²) in [5.41, 5.74) is 7.42. The third kappa shape index (κ3) is 5.77. The van der Waals surface area contributed by atoms with Gasteiger partial charge in [-0.05, 0) is 70.9 Å². The number of aryl methyl sites for hydroxylation is 1. The molecule has 0 aliphatic heterocycles. The van der Waals surface area contributed by atoms with Crippen LogP contribution in [0.4, 0.5) is 0 Å². The molecule has 4 nitrogen and oxygen atoms in total. The van der Waals surface area contributed by atoms with Crippen LogP contribution in [0.5, 0.6) is 0 Å². The summed E-state index contributed by atoms with van der Waals surface area (Å²) in [7, 11) is 0. The molecule has 0 spiro atoms. The second-order valence-electron chi connectivity index (χ2n) is 7.59. The maximum atomic E-state index is 12.5. The number of nitriles is 1. The Hall–Kier alpha value is -1.64. The first kappa shape index (κ1) is 20.4. The number of carbonyl (C=O) groups is 1. The highest BCUT2D eigenvalue weighted by Gasteiger charge is 2.31. The van der Waals surface area contributed by atoms with E-state index in [0.717, 1.165) is 11.1 Å². The smallest absolute Gasteiger partial charge is 0.237 e. The summed E-state index contributed by atoms with van der Waals surface area (Å²) in [6.45, 7) is 11.7. The van der Waals surface area contributed by atoms with Crippen LogP contribution in [0.3, 0.4) is 0 Å². The summed E-state index contributed by atoms with van der Waals surface area (Å²) in [6.07, 6.45) is 5.13. The van der Waals surface area contributed by atoms with E-state index < -0.39 is 17.0 Å². The van der Waals surface area contributed by atoms with E-state index in [2.05, 4.69) is 29.8 Å². The number of thiophene rings is 1. The van der Waals surface area contributed by atoms with Gasteiger partial charge in [-0.3, -0.25) is 4.79 Å². The van der Waals surface area contributed by atoms with Gasteiger partial charge in [0.25, 0.3) is 0 Å². The number of rotatable bonds is 7. The molecule has 5 heteroatoms. The Morgan fingerprint density at radius 3 is 2.62 bits per heavy atom. The van der Waals surface area contributed by atoms with Gasteiger partial charge in [-0.25, -0.2) is 0 Å². The average molecular weight is 348 g/mol. The maximum absolute atomic E-state index is 12.5. The fraction of sp³-hybridized carbons (Fsp3) is 0.579. The predicted molar refractivity (Wildman–Crippen MR) is 102 cm³/mol. The van der Waals surface area contributed by atoms with E-state index in [4.69, 9.17) is 5.73 Å². The van der Waals surface area contributed by atoms with Gasteiger partial charge >= 0.3 is 0 Å². The lowest BCUT2D eigenvalue weighted by atomic mass is 9.81. The van der Waals surface area contributed by atoms with Crippen molar-refractivity contribution in [1.29, 1.82) is 5.26 Å². The zero-order chi connectivity index (χ0) is 18.5. The lowest BCUT2D eigenvalue weighted by Gasteiger charge is -2.32. The molecule has 1 aromatic heterocycles. The van der Waals surface area contributed by atoms with E-state index in [1.54, 1.807) is 11.3 Å². The van der Waals surface area contributed by atoms with Crippen LogP contribution < -0.4 is 11.1 Å². The van der Waals surface area contributed by atoms with Crippen molar-refractivity contribution in [3.63, 3.8) is 0 Å². The largest absolute Gasteiger partial charge is 0.350 e. The SMILES string of the molecule is C/C=C\c1c(CC(N)C(=O)NC(C)(C)CC(C)(C)C#N)csc1C. The van der Waals surface area contributed by atoms with Gasteiger partial charge < -0.3 is 11.1 Å². The summed E-state index contributed by atoms with van der Waals surface area (Å²) >= 11 is 1.67. The molecular weight excluding hydrogens is 318 g/mol. The van der Waals surface area contributed by atoms with Gasteiger partial charge in [0.2, 0.25) is 5.91 Å². The van der Waals surface area contributed by atoms with Gasteiger partial charge in [-0.15, -0.1) is 11.3 Å². The minimum absolute atomic E-state index is 0.177. The van der Waals surface area contributed by atoms with Crippen molar-refractivity contribution < 1.29 is 4.79 Å². The van der Waals surface area contributed by atoms with Crippen LogP contribution in [-0.2, 0) is 11.2 Å². The minimum Gasteiger partial charge on any atom is -0.350 e. The Morgan fingerprint density at radius 1 is 1.46 bits per heavy atom. The molecule has 0 aromatic carbocycles. The Labute approximate surface area is 149 Å². The number of carbonyl (C=O) groups excluding carboxylic acids is 1. The quantitative estimate of drug-likeness (QED) is 0.787. The lowest BCUT2D eigenvalue weighted by Crippen LogP contribution is -2.52. The van der Waals surface area contributed by atoms with E-state index in [1.807, 2.05) is 40.7 Å². The molecule has 1 heterocycles. The summed E-state index contributed by atoms with van der Waals surface area (Å²) in [5, 5.41) is 14.3. The van der Waals surface area contributed by atoms with Gasteiger partial charge in [-0.1, -0.05) is 12.2 Å². The molecule has 132 valence electrons. The fourth-order valence-electron chi connectivity index (χ4n) is 3.01. The molecule has 1 unspecified atom stereocenters. The Morgan fingerprint density at radius 2 is 2.08 bits per heavy atom. The lowest BCUT2D eigenvalue weighted by molar-refractivity contribution is -0.124. The van der Waals surface area contributed by atoms with Crippen molar-refractivity contribution in [1.82, 2.24) is 5.32 Å². The van der Waals surface area contributed by atoms with E-state index in [9.17, 15) is 10.1 Å². The Kier molecular flexibility index (Phi) is 6.76. The predicted octanol–water partition coefficient (Wildman–Crippen LogP) is 3.79. The normalized spacial score (nSPS) is 13.8. The minimum atomic E-state index is -0.604. The van der Waals surface area contributed by atoms with E-state index in [0.29, 0.717) is 12.8 Å². The third-order valence-corrected chi connectivity index (χ3v) is 4.84. The van der Waals surface area contributed by atoms with E-state index in [-0.39, 0.29) is 5.91 Å². The second-order valence-corrected chi connectivity index (χ2v) is 8.67. The number of hydrogen-bond acceptors (Lipinski definition) is 4. The molecule has 0 saturated carbocycles. The monoisotopic (exact) mass is 347 g/mol. The van der Waals surface area contributed by atoms with E-state index >= 15 is 0 Å². The van der Waals surface area contributed by atoms with Gasteiger partial charge in [0.05, 0.1) is 17.5 Å². The molecular formula is C19H29N3OS. The van der Waals surface area contributed by atoms with Crippen molar-refractivity contribution >= 4 is 23.3 Å². The van der Waals surface area contributed by atoms with Gasteiger partial charge in [0.1, 0.15) is 0 Å². The van der Waals surface area contributed by atoms with Gasteiger partial charge in [-0.2, -0.15) is 5.26 Å². The van der Waals surface area contributed by atoms with Crippen molar-refractivity contribution in [3.05, 3.63) is 27.5 Å². The van der Waals surface area contributed by atoms with Crippen molar-refractivity contribution in [2.45, 2.75) is 66.0 Å². The number of amides is 1. The molecule has 1 atom stereocenters. The van der Waals surface area contributed by atoms with Crippen LogP contribution in [-0.4, -0.2) is 17.5 Å². The number of allylic oxidation sites excluding steroid dienone is 1. The Bertz CT molecular complexity index is 650. The average Bonchev–Trinajstić information content (AvgIpc) is 2.79. The topological polar surface area (TPSA) is 78.9 Å². The highest BCUT2D eigenvalue weighted by Crippen LogP contribution is 2.27. The van der Waals surface area contributed by atoms with Crippen LogP contribution in [0.1, 0.15) is 57.0 Å². The summed E-state index contributed by atoms with van der Waals surface area (Å²) < 4.78 is 0. The van der Waals surface area contributed by atoms with Crippen molar-refractivity contribution in [2.75, 3.05) is 0 Å². The van der Waals surface area contributed by atoms with Crippen LogP contribution in [0.25, 0.3) is 6.08 Å². The molecule has 0 radical (unpaired) electrons. The first-order chi connectivity index (χ1) is 11.0. The van der Waals surface area contributed by atoms with Gasteiger partial charge in [0, 0.05) is 10.4 Å². The zero-order valence-electron chi connectivity index (χ0n) is 15.6. The second kappa shape index (κ2) is 7.96. The standard InChI is InChI=1S/C19H29N3OS/c1-7-8-15-13(2)24-10-14(15)9-16(21)17(23)22-19(5,6)11-18(3,4)12-20/h7-8,10,16H,9,11,21H2,1-6H3,(H,22,23)/b8-7-. The molecule has 0 saturated heterocycles. The summed E-state index contributed by atoms with van der Waals surface area (Å²) in [6, 6.07) is 1.67. The highest BCUT2D eigenvalue weighted by atomic mass is 32.1. The molecule has 0 fully saturated rings. The molecule has 0 bridgehead atoms. The van der Waals surface area contributed by atoms with Crippen LogP contribution in [0.2, 0.25) is 0 Å². The number of nitrogens with two attached hydrogens (primary N) is 1. The molecule has 1 amide bonds. The van der Waals surface area contributed by atoms with Crippen molar-refractivity contribution in [2.24, 2.45) is 11.1 Å². The van der Waals surface area contributed by atoms with Crippen LogP contribution >= 0.6 is 11.3 Å². The van der Waals surface area contributed by atoms with Crippen LogP contribution in [0.15, 0.2) is 11.5 Å². The molecule has 0 aliphatic rings. The molecule has 1 aromatic rings. The van der Waals surface area contributed by atoms with Gasteiger partial charge in [0.15, 0.2) is 0 Å². The third-order valence-electron chi connectivity index (χ3n) is 3.86. The molecule has 3 N–H and O–H groups in total. The van der Waals surface area contributed by atoms with E-state index in [1.165, 1.54) is 4.88 Å².